The van der Waals surface area contributed by atoms with E-state index in [0.717, 1.165) is 11.6 Å². The Morgan fingerprint density at radius 2 is 1.77 bits per heavy atom. The Balaban J connectivity index is 1.31. The number of hydrogen-bond donors (Lipinski definition) is 4. The van der Waals surface area contributed by atoms with E-state index in [2.05, 4.69) is 10.6 Å². The number of phenolic OH excluding ortho intramolecular Hbond substituents is 2. The van der Waals surface area contributed by atoms with Crippen LogP contribution in [0.3, 0.4) is 0 Å². The third-order valence-electron chi connectivity index (χ3n) is 7.43. The van der Waals surface area contributed by atoms with Crippen LogP contribution in [0.1, 0.15) is 54.2 Å². The van der Waals surface area contributed by atoms with Crippen molar-refractivity contribution < 1.29 is 43.6 Å². The van der Waals surface area contributed by atoms with E-state index < -0.39 is 34.3 Å². The lowest BCUT2D eigenvalue weighted by atomic mass is 9.70. The predicted octanol–water partition coefficient (Wildman–Crippen LogP) is 2.59. The zero-order valence-electron chi connectivity index (χ0n) is 22.4. The number of amides is 1. The van der Waals surface area contributed by atoms with Gasteiger partial charge in [0.15, 0.2) is 28.8 Å². The highest BCUT2D eigenvalue weighted by molar-refractivity contribution is 6.31. The maximum Gasteiger partial charge on any atom is 0.231 e. The van der Waals surface area contributed by atoms with Gasteiger partial charge in [0.05, 0.1) is 11.1 Å². The molecule has 0 aromatic heterocycles. The number of phenols is 2. The smallest absolute Gasteiger partial charge is 0.231 e. The lowest BCUT2D eigenvalue weighted by molar-refractivity contribution is -0.124. The van der Waals surface area contributed by atoms with Crippen LogP contribution in [0.25, 0.3) is 0 Å². The summed E-state index contributed by atoms with van der Waals surface area (Å²) in [7, 11) is 0. The van der Waals surface area contributed by atoms with Crippen LogP contribution in [0.2, 0.25) is 0 Å². The summed E-state index contributed by atoms with van der Waals surface area (Å²) < 4.78 is 16.4. The lowest BCUT2D eigenvalue weighted by Crippen LogP contribution is -2.41. The van der Waals surface area contributed by atoms with E-state index >= 15 is 0 Å². The first-order chi connectivity index (χ1) is 18.9. The third kappa shape index (κ3) is 4.14. The van der Waals surface area contributed by atoms with Crippen LogP contribution in [0.15, 0.2) is 41.3 Å². The third-order valence-corrected chi connectivity index (χ3v) is 7.43. The number of Topliss-reactive ketones (excluding diaryl/α,β-unsaturated/α-hetero) is 2. The first-order valence-electron chi connectivity index (χ1n) is 12.6. The highest BCUT2D eigenvalue weighted by Gasteiger charge is 2.56. The van der Waals surface area contributed by atoms with Crippen molar-refractivity contribution in [3.05, 3.63) is 63.6 Å². The zero-order chi connectivity index (χ0) is 28.9. The standard InChI is InChI=1S/C29H28N2O9/c1-13-25(35)23(15(3)32)27-24(26(13)36)29(4)20(40-27)10-17(33)22(28(29)37)14(2)30-8-7-21(34)31-11-16-5-6-18-19(9-16)39-12-38-18/h5-6,9-10,30,35-36H,7-8,11-12H2,1-4H3,(H,31,34)/b22-14+/t29-/m0/s1. The molecular formula is C29H28N2O9. The fourth-order valence-electron chi connectivity index (χ4n) is 5.15. The van der Waals surface area contributed by atoms with Crippen LogP contribution in [0.4, 0.5) is 0 Å². The monoisotopic (exact) mass is 548 g/mol. The number of aromatic hydroxyl groups is 2. The second-order valence-corrected chi connectivity index (χ2v) is 10.0. The number of fused-ring (bicyclic) bond motifs is 4. The number of ether oxygens (including phenoxy) is 3. The predicted molar refractivity (Wildman–Crippen MR) is 140 cm³/mol. The van der Waals surface area contributed by atoms with Crippen molar-refractivity contribution in [3.8, 4) is 28.7 Å². The summed E-state index contributed by atoms with van der Waals surface area (Å²) in [6.45, 7) is 6.30. The van der Waals surface area contributed by atoms with Crippen LogP contribution in [0.5, 0.6) is 28.7 Å². The Kier molecular flexibility index (Phi) is 6.53. The topological polar surface area (TPSA) is 160 Å². The Bertz CT molecular complexity index is 1570. The minimum atomic E-state index is -1.60. The number of rotatable bonds is 7. The molecule has 11 nitrogen and oxygen atoms in total. The molecule has 0 fully saturated rings. The van der Waals surface area contributed by atoms with Crippen molar-refractivity contribution in [2.24, 2.45) is 0 Å². The van der Waals surface area contributed by atoms with Crippen LogP contribution in [0, 0.1) is 6.92 Å². The molecule has 2 aromatic carbocycles. The van der Waals surface area contributed by atoms with Gasteiger partial charge in [-0.3, -0.25) is 19.2 Å². The van der Waals surface area contributed by atoms with Gasteiger partial charge in [0, 0.05) is 36.8 Å². The molecule has 11 heteroatoms. The summed E-state index contributed by atoms with van der Waals surface area (Å²) in [5.41, 5.74) is -0.790. The largest absolute Gasteiger partial charge is 0.507 e. The molecule has 4 N–H and O–H groups in total. The number of allylic oxidation sites excluding steroid dienone is 4. The van der Waals surface area contributed by atoms with Crippen LogP contribution in [-0.4, -0.2) is 46.8 Å². The minimum Gasteiger partial charge on any atom is -0.507 e. The molecule has 0 bridgehead atoms. The molecule has 208 valence electrons. The Morgan fingerprint density at radius 3 is 2.50 bits per heavy atom. The number of carbonyl (C=O) groups is 4. The highest BCUT2D eigenvalue weighted by atomic mass is 16.7. The van der Waals surface area contributed by atoms with Gasteiger partial charge in [-0.05, 0) is 45.4 Å². The minimum absolute atomic E-state index is 0.0185. The normalized spacial score (nSPS) is 19.9. The van der Waals surface area contributed by atoms with Crippen LogP contribution >= 0.6 is 0 Å². The van der Waals surface area contributed by atoms with E-state index in [4.69, 9.17) is 14.2 Å². The average molecular weight is 549 g/mol. The second-order valence-electron chi connectivity index (χ2n) is 10.0. The molecule has 2 heterocycles. The number of carbonyl (C=O) groups excluding carboxylic acids is 4. The Hall–Kier alpha value is -4.80. The molecule has 0 saturated carbocycles. The molecule has 2 aromatic rings. The summed E-state index contributed by atoms with van der Waals surface area (Å²) in [6.07, 6.45) is 1.22. The lowest BCUT2D eigenvalue weighted by Gasteiger charge is -2.29. The first kappa shape index (κ1) is 26.8. The van der Waals surface area contributed by atoms with E-state index in [1.165, 1.54) is 20.8 Å². The summed E-state index contributed by atoms with van der Waals surface area (Å²) >= 11 is 0. The molecule has 40 heavy (non-hydrogen) atoms. The van der Waals surface area contributed by atoms with Gasteiger partial charge in [-0.25, -0.2) is 0 Å². The molecule has 0 radical (unpaired) electrons. The summed E-state index contributed by atoms with van der Waals surface area (Å²) in [6, 6.07) is 5.40. The van der Waals surface area contributed by atoms with E-state index in [9.17, 15) is 29.4 Å². The molecule has 2 aliphatic heterocycles. The molecule has 0 spiro atoms. The fraction of sp³-hybridized carbons (Fsp3) is 0.310. The average Bonchev–Trinajstić information content (AvgIpc) is 3.48. The van der Waals surface area contributed by atoms with Crippen LogP contribution < -0.4 is 24.8 Å². The summed E-state index contributed by atoms with van der Waals surface area (Å²) in [4.78, 5) is 51.5. The molecule has 0 saturated heterocycles. The quantitative estimate of drug-likeness (QED) is 0.230. The fourth-order valence-corrected chi connectivity index (χ4v) is 5.15. The Labute approximate surface area is 229 Å². The van der Waals surface area contributed by atoms with Gasteiger partial charge >= 0.3 is 0 Å². The van der Waals surface area contributed by atoms with Gasteiger partial charge in [0.2, 0.25) is 12.7 Å². The van der Waals surface area contributed by atoms with E-state index in [0.29, 0.717) is 18.0 Å². The van der Waals surface area contributed by atoms with Gasteiger partial charge in [-0.15, -0.1) is 0 Å². The molecule has 1 aliphatic carbocycles. The molecule has 0 unspecified atom stereocenters. The maximum absolute atomic E-state index is 13.8. The Morgan fingerprint density at radius 1 is 1.05 bits per heavy atom. The van der Waals surface area contributed by atoms with Gasteiger partial charge in [0.1, 0.15) is 34.0 Å². The van der Waals surface area contributed by atoms with Crippen molar-refractivity contribution in [2.45, 2.75) is 46.1 Å². The van der Waals surface area contributed by atoms with Crippen molar-refractivity contribution in [1.29, 1.82) is 0 Å². The SMILES string of the molecule is CC(=O)c1c(O)c(C)c(O)c2c1OC1=CC(=O)/C(=C(/C)NCCC(=O)NCc3ccc4c(c3)OCO4)C(=O)[C@@]12C. The van der Waals surface area contributed by atoms with Crippen molar-refractivity contribution in [2.75, 3.05) is 13.3 Å². The number of nitrogens with one attached hydrogen (secondary N) is 2. The van der Waals surface area contributed by atoms with Gasteiger partial charge < -0.3 is 35.1 Å². The molecule has 3 aliphatic rings. The maximum atomic E-state index is 13.8. The molecule has 1 amide bonds. The highest BCUT2D eigenvalue weighted by Crippen LogP contribution is 2.57. The van der Waals surface area contributed by atoms with Crippen molar-refractivity contribution >= 4 is 23.3 Å². The summed E-state index contributed by atoms with van der Waals surface area (Å²) in [5.74, 6) is -1.78. The van der Waals surface area contributed by atoms with Crippen LogP contribution in [-0.2, 0) is 26.3 Å². The van der Waals surface area contributed by atoms with E-state index in [-0.39, 0.29) is 65.1 Å². The number of hydrogen-bond acceptors (Lipinski definition) is 10. The first-order valence-corrected chi connectivity index (χ1v) is 12.6. The molecular weight excluding hydrogens is 520 g/mol. The summed E-state index contributed by atoms with van der Waals surface area (Å²) in [5, 5.41) is 27.2. The molecule has 1 atom stereocenters. The number of benzene rings is 2. The van der Waals surface area contributed by atoms with Crippen molar-refractivity contribution in [3.63, 3.8) is 0 Å². The van der Waals surface area contributed by atoms with Gasteiger partial charge in [-0.2, -0.15) is 0 Å². The number of ketones is 3. The van der Waals surface area contributed by atoms with E-state index in [1.807, 2.05) is 6.07 Å². The second kappa shape index (κ2) is 9.74. The van der Waals surface area contributed by atoms with Gasteiger partial charge in [0.25, 0.3) is 0 Å². The zero-order valence-corrected chi connectivity index (χ0v) is 22.4. The van der Waals surface area contributed by atoms with Crippen molar-refractivity contribution in [1.82, 2.24) is 10.6 Å². The molecule has 5 rings (SSSR count). The van der Waals surface area contributed by atoms with Gasteiger partial charge in [-0.1, -0.05) is 6.07 Å². The van der Waals surface area contributed by atoms with E-state index in [1.54, 1.807) is 19.1 Å².